The highest BCUT2D eigenvalue weighted by molar-refractivity contribution is 7.22. The van der Waals surface area contributed by atoms with Crippen molar-refractivity contribution in [2.24, 2.45) is 0 Å². The van der Waals surface area contributed by atoms with E-state index >= 15 is 0 Å². The molecular formula is C27H24N4OS2. The molecule has 3 aromatic heterocycles. The number of anilines is 1. The number of benzene rings is 2. The van der Waals surface area contributed by atoms with Gasteiger partial charge in [-0.05, 0) is 41.6 Å². The molecule has 0 aliphatic carbocycles. The Morgan fingerprint density at radius 3 is 2.62 bits per heavy atom. The van der Waals surface area contributed by atoms with Crippen LogP contribution in [-0.4, -0.2) is 47.0 Å². The zero-order chi connectivity index (χ0) is 23.1. The van der Waals surface area contributed by atoms with Gasteiger partial charge in [0.15, 0.2) is 5.13 Å². The third-order valence-electron chi connectivity index (χ3n) is 6.43. The van der Waals surface area contributed by atoms with Gasteiger partial charge in [0, 0.05) is 31.6 Å². The topological polar surface area (TPSA) is 49.3 Å². The number of aryl methyl sites for hydroxylation is 1. The van der Waals surface area contributed by atoms with Crippen molar-refractivity contribution in [1.29, 1.82) is 0 Å². The number of hydrogen-bond donors (Lipinski definition) is 0. The molecule has 0 unspecified atom stereocenters. The molecule has 4 heterocycles. The Labute approximate surface area is 206 Å². The standard InChI is InChI=1S/C27H24N4OS2/c1-2-18-7-5-10-24-25(18)29-27(34-24)31-14-12-30(13-15-31)26(32)20-17-22(23-11-6-16-33-23)28-21-9-4-3-8-19(20)21/h3-11,16-17H,2,12-15H2,1H3. The highest BCUT2D eigenvalue weighted by atomic mass is 32.1. The summed E-state index contributed by atoms with van der Waals surface area (Å²) < 4.78 is 1.23. The number of nitrogens with zero attached hydrogens (tertiary/aromatic N) is 4. The van der Waals surface area contributed by atoms with Crippen LogP contribution in [0.4, 0.5) is 5.13 Å². The number of para-hydroxylation sites is 2. The molecule has 0 N–H and O–H groups in total. The Morgan fingerprint density at radius 1 is 0.971 bits per heavy atom. The largest absolute Gasteiger partial charge is 0.345 e. The molecule has 7 heteroatoms. The molecule has 2 aromatic carbocycles. The summed E-state index contributed by atoms with van der Waals surface area (Å²) in [6, 6.07) is 20.4. The number of carbonyl (C=O) groups is 1. The van der Waals surface area contributed by atoms with Gasteiger partial charge >= 0.3 is 0 Å². The molecule has 0 bridgehead atoms. The molecule has 170 valence electrons. The van der Waals surface area contributed by atoms with Crippen molar-refractivity contribution in [2.45, 2.75) is 13.3 Å². The van der Waals surface area contributed by atoms with Gasteiger partial charge in [0.25, 0.3) is 5.91 Å². The van der Waals surface area contributed by atoms with Gasteiger partial charge in [-0.25, -0.2) is 9.97 Å². The van der Waals surface area contributed by atoms with E-state index < -0.39 is 0 Å². The molecular weight excluding hydrogens is 460 g/mol. The third-order valence-corrected chi connectivity index (χ3v) is 8.40. The van der Waals surface area contributed by atoms with Crippen LogP contribution in [0.2, 0.25) is 0 Å². The second kappa shape index (κ2) is 8.81. The molecule has 0 spiro atoms. The Hall–Kier alpha value is -3.29. The summed E-state index contributed by atoms with van der Waals surface area (Å²) in [5, 5.41) is 4.00. The van der Waals surface area contributed by atoms with Crippen LogP contribution in [0.25, 0.3) is 31.7 Å². The second-order valence-corrected chi connectivity index (χ2v) is 10.4. The van der Waals surface area contributed by atoms with Crippen molar-refractivity contribution in [2.75, 3.05) is 31.1 Å². The Bertz CT molecular complexity index is 1480. The van der Waals surface area contributed by atoms with Crippen molar-refractivity contribution in [3.63, 3.8) is 0 Å². The summed E-state index contributed by atoms with van der Waals surface area (Å²) in [7, 11) is 0. The molecule has 6 rings (SSSR count). The van der Waals surface area contributed by atoms with Crippen LogP contribution in [-0.2, 0) is 6.42 Å². The lowest BCUT2D eigenvalue weighted by Gasteiger charge is -2.34. The minimum absolute atomic E-state index is 0.0774. The quantitative estimate of drug-likeness (QED) is 0.309. The predicted molar refractivity (Wildman–Crippen MR) is 142 cm³/mol. The average Bonchev–Trinajstić information content (AvgIpc) is 3.58. The molecule has 1 aliphatic rings. The van der Waals surface area contributed by atoms with Crippen LogP contribution in [0.15, 0.2) is 66.0 Å². The Morgan fingerprint density at radius 2 is 1.82 bits per heavy atom. The summed E-state index contributed by atoms with van der Waals surface area (Å²) in [6.45, 7) is 5.10. The van der Waals surface area contributed by atoms with Crippen molar-refractivity contribution < 1.29 is 4.79 Å². The number of thiazole rings is 1. The fourth-order valence-electron chi connectivity index (χ4n) is 4.59. The highest BCUT2D eigenvalue weighted by Crippen LogP contribution is 2.32. The van der Waals surface area contributed by atoms with Crippen molar-refractivity contribution in [3.05, 3.63) is 77.2 Å². The van der Waals surface area contributed by atoms with Crippen molar-refractivity contribution in [1.82, 2.24) is 14.9 Å². The molecule has 1 saturated heterocycles. The molecule has 5 nitrogen and oxygen atoms in total. The minimum atomic E-state index is 0.0774. The molecule has 5 aromatic rings. The lowest BCUT2D eigenvalue weighted by molar-refractivity contribution is 0.0748. The van der Waals surface area contributed by atoms with Gasteiger partial charge in [-0.3, -0.25) is 4.79 Å². The smallest absolute Gasteiger partial charge is 0.254 e. The first-order valence-corrected chi connectivity index (χ1v) is 13.3. The van der Waals surface area contributed by atoms with Crippen LogP contribution < -0.4 is 4.90 Å². The van der Waals surface area contributed by atoms with E-state index in [-0.39, 0.29) is 5.91 Å². The van der Waals surface area contributed by atoms with E-state index in [1.54, 1.807) is 22.7 Å². The van der Waals surface area contributed by atoms with E-state index in [0.717, 1.165) is 57.2 Å². The third kappa shape index (κ3) is 3.75. The van der Waals surface area contributed by atoms with Crippen molar-refractivity contribution >= 4 is 54.8 Å². The van der Waals surface area contributed by atoms with Crippen LogP contribution >= 0.6 is 22.7 Å². The lowest BCUT2D eigenvalue weighted by atomic mass is 10.1. The summed E-state index contributed by atoms with van der Waals surface area (Å²) >= 11 is 3.39. The van der Waals surface area contributed by atoms with Gasteiger partial charge < -0.3 is 9.80 Å². The van der Waals surface area contributed by atoms with Crippen LogP contribution in [0.5, 0.6) is 0 Å². The second-order valence-electron chi connectivity index (χ2n) is 8.44. The van der Waals surface area contributed by atoms with Crippen LogP contribution in [0, 0.1) is 0 Å². The van der Waals surface area contributed by atoms with Crippen molar-refractivity contribution in [3.8, 4) is 10.6 Å². The highest BCUT2D eigenvalue weighted by Gasteiger charge is 2.26. The maximum Gasteiger partial charge on any atom is 0.254 e. The monoisotopic (exact) mass is 484 g/mol. The number of fused-ring (bicyclic) bond motifs is 2. The zero-order valence-corrected chi connectivity index (χ0v) is 20.5. The zero-order valence-electron chi connectivity index (χ0n) is 18.9. The first-order valence-electron chi connectivity index (χ1n) is 11.6. The first-order chi connectivity index (χ1) is 16.7. The number of hydrogen-bond acceptors (Lipinski definition) is 6. The fourth-order valence-corrected chi connectivity index (χ4v) is 6.34. The summed E-state index contributed by atoms with van der Waals surface area (Å²) in [6.07, 6.45) is 0.982. The van der Waals surface area contributed by atoms with E-state index in [2.05, 4.69) is 36.1 Å². The Kier molecular flexibility index (Phi) is 5.51. The summed E-state index contributed by atoms with van der Waals surface area (Å²) in [5.74, 6) is 0.0774. The Balaban J connectivity index is 1.26. The van der Waals surface area contributed by atoms with Gasteiger partial charge in [0.05, 0.1) is 31.9 Å². The molecule has 34 heavy (non-hydrogen) atoms. The molecule has 0 saturated carbocycles. The maximum absolute atomic E-state index is 13.7. The van der Waals surface area contributed by atoms with Crippen LogP contribution in [0.1, 0.15) is 22.8 Å². The van der Waals surface area contributed by atoms with Gasteiger partial charge in [-0.15, -0.1) is 11.3 Å². The number of pyridine rings is 1. The lowest BCUT2D eigenvalue weighted by Crippen LogP contribution is -2.48. The number of thiophene rings is 1. The molecule has 1 fully saturated rings. The van der Waals surface area contributed by atoms with Gasteiger partial charge in [-0.1, -0.05) is 54.7 Å². The van der Waals surface area contributed by atoms with E-state index in [1.807, 2.05) is 46.7 Å². The molecule has 1 amide bonds. The number of amides is 1. The van der Waals surface area contributed by atoms with Gasteiger partial charge in [-0.2, -0.15) is 0 Å². The van der Waals surface area contributed by atoms with Gasteiger partial charge in [0.1, 0.15) is 0 Å². The molecule has 1 aliphatic heterocycles. The minimum Gasteiger partial charge on any atom is -0.345 e. The number of piperazine rings is 1. The normalized spacial score (nSPS) is 14.3. The summed E-state index contributed by atoms with van der Waals surface area (Å²) in [4.78, 5) is 28.8. The number of rotatable bonds is 4. The van der Waals surface area contributed by atoms with E-state index in [9.17, 15) is 4.79 Å². The van der Waals surface area contributed by atoms with E-state index in [0.29, 0.717) is 13.1 Å². The first kappa shape index (κ1) is 21.3. The SMILES string of the molecule is CCc1cccc2sc(N3CCN(C(=O)c4cc(-c5cccs5)nc5ccccc45)CC3)nc12. The van der Waals surface area contributed by atoms with Gasteiger partial charge in [0.2, 0.25) is 0 Å². The van der Waals surface area contributed by atoms with Crippen LogP contribution in [0.3, 0.4) is 0 Å². The van der Waals surface area contributed by atoms with E-state index in [1.165, 1.54) is 10.3 Å². The van der Waals surface area contributed by atoms with E-state index in [4.69, 9.17) is 9.97 Å². The maximum atomic E-state index is 13.7. The number of aromatic nitrogens is 2. The predicted octanol–water partition coefficient (Wildman–Crippen LogP) is 6.10. The summed E-state index contributed by atoms with van der Waals surface area (Å²) in [5.41, 5.74) is 4.86. The molecule has 0 radical (unpaired) electrons. The fraction of sp³-hybridized carbons (Fsp3) is 0.222. The average molecular weight is 485 g/mol. The molecule has 0 atom stereocenters. The number of carbonyl (C=O) groups excluding carboxylic acids is 1.